The summed E-state index contributed by atoms with van der Waals surface area (Å²) in [6.45, 7) is 4.21. The number of phosphoric ester groups is 1. The number of carbonyl (C=O) groups excluding carboxylic acids is 2. The van der Waals surface area contributed by atoms with Gasteiger partial charge in [0.1, 0.15) is 12.9 Å². The Kier molecular flexibility index (Phi) is 36.3. The van der Waals surface area contributed by atoms with Gasteiger partial charge in [-0.1, -0.05) is 84.0 Å². The van der Waals surface area contributed by atoms with Crippen LogP contribution in [0.5, 0.6) is 0 Å². The van der Waals surface area contributed by atoms with Crippen LogP contribution in [0.25, 0.3) is 0 Å². The number of rotatable bonds is 27. The van der Waals surface area contributed by atoms with Crippen molar-refractivity contribution in [2.24, 2.45) is 0 Å². The summed E-state index contributed by atoms with van der Waals surface area (Å²) in [7, 11) is -5.18. The number of carbonyl (C=O) groups is 2. The third-order valence-electron chi connectivity index (χ3n) is 5.76. The Morgan fingerprint density at radius 3 is 1.87 bits per heavy atom. The Bertz CT molecular complexity index is 612. The van der Waals surface area contributed by atoms with Gasteiger partial charge in [0.2, 0.25) is 5.91 Å². The molecule has 0 aliphatic rings. The van der Waals surface area contributed by atoms with E-state index in [1.807, 2.05) is 0 Å². The van der Waals surface area contributed by atoms with E-state index < -0.39 is 26.5 Å². The van der Waals surface area contributed by atoms with Crippen molar-refractivity contribution in [2.45, 2.75) is 123 Å². The molecule has 0 saturated heterocycles. The van der Waals surface area contributed by atoms with Gasteiger partial charge in [0, 0.05) is 26.5 Å². The zero-order valence-corrected chi connectivity index (χ0v) is 29.9. The first-order chi connectivity index (χ1) is 17.7. The summed E-state index contributed by atoms with van der Waals surface area (Å²) >= 11 is 0. The number of amides is 1. The first kappa shape index (κ1) is 44.4. The van der Waals surface area contributed by atoms with E-state index >= 15 is 0 Å². The van der Waals surface area contributed by atoms with Gasteiger partial charge in [-0.2, -0.15) is 0 Å². The molecule has 0 aliphatic heterocycles. The molecular weight excluding hydrogens is 547 g/mol. The molecule has 1 N–H and O–H groups in total. The first-order valence-corrected chi connectivity index (χ1v) is 15.5. The average molecular weight is 598 g/mol. The van der Waals surface area contributed by atoms with E-state index in [9.17, 15) is 23.9 Å². The van der Waals surface area contributed by atoms with Crippen molar-refractivity contribution in [3.63, 3.8) is 0 Å². The predicted octanol–water partition coefficient (Wildman–Crippen LogP) is -1.86. The van der Waals surface area contributed by atoms with Crippen LogP contribution in [-0.2, 0) is 32.9 Å². The topological polar surface area (TPSA) is 146 Å². The standard InChI is InChI=1S/C26H52NO9P.2Na/c1-3-4-5-6-7-8-9-12-15-18-26(29)36-25(22-35-37(30,31)32)21-34-23-33-20-17-14-11-10-13-16-19-27-24(2)28;;/h25H,3-23H2,1-2H3,(H,27,28)(H2,30,31,32);;/q;2*+1/p-2/t25-;;/m0../s1. The summed E-state index contributed by atoms with van der Waals surface area (Å²) in [4.78, 5) is 44.5. The fourth-order valence-electron chi connectivity index (χ4n) is 3.71. The fraction of sp³-hybridized carbons (Fsp3) is 0.923. The molecule has 0 aromatic carbocycles. The Balaban J connectivity index is -0.00000648. The number of unbranched alkanes of at least 4 members (excludes halogenated alkanes) is 13. The van der Waals surface area contributed by atoms with Gasteiger partial charge in [-0.05, 0) is 19.3 Å². The predicted molar refractivity (Wildman–Crippen MR) is 138 cm³/mol. The number of nitrogens with one attached hydrogen (secondary N) is 1. The summed E-state index contributed by atoms with van der Waals surface area (Å²) in [6, 6.07) is 0. The van der Waals surface area contributed by atoms with Gasteiger partial charge in [-0.25, -0.2) is 0 Å². The molecule has 0 heterocycles. The molecule has 0 saturated carbocycles. The molecule has 1 amide bonds. The molecule has 13 heteroatoms. The number of phosphoric acid groups is 1. The summed E-state index contributed by atoms with van der Waals surface area (Å²) in [5, 5.41) is 2.78. The van der Waals surface area contributed by atoms with Crippen LogP contribution >= 0.6 is 7.82 Å². The second-order valence-corrected chi connectivity index (χ2v) is 10.6. The van der Waals surface area contributed by atoms with Gasteiger partial charge in [0.05, 0.1) is 21.0 Å². The molecule has 39 heavy (non-hydrogen) atoms. The van der Waals surface area contributed by atoms with E-state index in [1.54, 1.807) is 0 Å². The molecule has 0 fully saturated rings. The smallest absolute Gasteiger partial charge is 0.790 e. The Labute approximate surface area is 280 Å². The van der Waals surface area contributed by atoms with Crippen LogP contribution in [0.1, 0.15) is 117 Å². The maximum atomic E-state index is 12.1. The summed E-state index contributed by atoms with van der Waals surface area (Å²) in [5.41, 5.74) is 0. The molecule has 10 nitrogen and oxygen atoms in total. The second-order valence-electron chi connectivity index (χ2n) is 9.43. The van der Waals surface area contributed by atoms with Crippen LogP contribution in [0.3, 0.4) is 0 Å². The molecule has 0 aromatic heterocycles. The number of hydrogen-bond donors (Lipinski definition) is 1. The Morgan fingerprint density at radius 1 is 0.769 bits per heavy atom. The number of hydrogen-bond acceptors (Lipinski definition) is 9. The Morgan fingerprint density at radius 2 is 1.31 bits per heavy atom. The van der Waals surface area contributed by atoms with Crippen molar-refractivity contribution < 1.29 is 102 Å². The maximum absolute atomic E-state index is 12.1. The van der Waals surface area contributed by atoms with E-state index in [2.05, 4.69) is 16.8 Å². The largest absolute Gasteiger partial charge is 1.00 e. The maximum Gasteiger partial charge on any atom is 1.00 e. The van der Waals surface area contributed by atoms with Gasteiger partial charge in [-0.3, -0.25) is 9.59 Å². The van der Waals surface area contributed by atoms with Crippen molar-refractivity contribution in [1.82, 2.24) is 5.32 Å². The molecule has 0 bridgehead atoms. The minimum Gasteiger partial charge on any atom is -0.790 e. The monoisotopic (exact) mass is 597 g/mol. The number of esters is 1. The minimum atomic E-state index is -5.18. The molecule has 0 rings (SSSR count). The van der Waals surface area contributed by atoms with Crippen molar-refractivity contribution in [3.05, 3.63) is 0 Å². The van der Waals surface area contributed by atoms with E-state index in [4.69, 9.17) is 14.2 Å². The van der Waals surface area contributed by atoms with Crippen LogP contribution in [-0.4, -0.2) is 51.1 Å². The van der Waals surface area contributed by atoms with Crippen LogP contribution in [0.4, 0.5) is 0 Å². The average Bonchev–Trinajstić information content (AvgIpc) is 2.83. The molecule has 220 valence electrons. The summed E-state index contributed by atoms with van der Waals surface area (Å²) in [6.07, 6.45) is 15.5. The van der Waals surface area contributed by atoms with Crippen molar-refractivity contribution in [3.8, 4) is 0 Å². The zero-order valence-electron chi connectivity index (χ0n) is 25.0. The third kappa shape index (κ3) is 36.9. The van der Waals surface area contributed by atoms with Crippen LogP contribution in [0.15, 0.2) is 0 Å². The Hall–Kier alpha value is 0.970. The van der Waals surface area contributed by atoms with E-state index in [1.165, 1.54) is 39.0 Å². The quantitative estimate of drug-likeness (QED) is 0.0379. The van der Waals surface area contributed by atoms with Crippen molar-refractivity contribution >= 4 is 19.7 Å². The number of ether oxygens (including phenoxy) is 3. The van der Waals surface area contributed by atoms with Gasteiger partial charge >= 0.3 is 65.1 Å². The van der Waals surface area contributed by atoms with E-state index in [0.717, 1.165) is 64.3 Å². The van der Waals surface area contributed by atoms with Crippen molar-refractivity contribution in [2.75, 3.05) is 33.2 Å². The molecule has 0 spiro atoms. The summed E-state index contributed by atoms with van der Waals surface area (Å²) in [5.74, 6) is -0.467. The van der Waals surface area contributed by atoms with Crippen LogP contribution in [0, 0.1) is 0 Å². The van der Waals surface area contributed by atoms with Gasteiger partial charge < -0.3 is 38.4 Å². The fourth-order valence-corrected chi connectivity index (χ4v) is 4.06. The van der Waals surface area contributed by atoms with Gasteiger partial charge in [0.15, 0.2) is 0 Å². The van der Waals surface area contributed by atoms with Gasteiger partial charge in [0.25, 0.3) is 0 Å². The van der Waals surface area contributed by atoms with Crippen LogP contribution in [0.2, 0.25) is 0 Å². The first-order valence-electron chi connectivity index (χ1n) is 14.0. The summed E-state index contributed by atoms with van der Waals surface area (Å²) < 4.78 is 31.1. The molecule has 0 aliphatic carbocycles. The van der Waals surface area contributed by atoms with E-state index in [-0.39, 0.29) is 84.8 Å². The van der Waals surface area contributed by atoms with Crippen molar-refractivity contribution in [1.29, 1.82) is 0 Å². The second kappa shape index (κ2) is 31.9. The molecule has 0 unspecified atom stereocenters. The normalized spacial score (nSPS) is 11.8. The van der Waals surface area contributed by atoms with E-state index in [0.29, 0.717) is 13.0 Å². The SMILES string of the molecule is CCCCCCCCCCCC(=O)O[C@@H](COCOCCCCCCCCNC(C)=O)COP(=O)([O-])[O-].[Na+].[Na+]. The minimum absolute atomic E-state index is 0. The molecule has 0 radical (unpaired) electrons. The molecule has 1 atom stereocenters. The van der Waals surface area contributed by atoms with Gasteiger partial charge in [-0.15, -0.1) is 0 Å². The molecule has 0 aromatic rings. The van der Waals surface area contributed by atoms with Crippen LogP contribution < -0.4 is 74.2 Å². The molecular formula is C26H50NNa2O9P. The zero-order chi connectivity index (χ0) is 27.6. The third-order valence-corrected chi connectivity index (χ3v) is 6.23.